The van der Waals surface area contributed by atoms with Gasteiger partial charge in [0.05, 0.1) is 0 Å². The van der Waals surface area contributed by atoms with Gasteiger partial charge in [-0.15, -0.1) is 0 Å². The first-order valence-corrected chi connectivity index (χ1v) is 8.97. The van der Waals surface area contributed by atoms with E-state index in [9.17, 15) is 0 Å². The zero-order valence-corrected chi connectivity index (χ0v) is 14.3. The average Bonchev–Trinajstić information content (AvgIpc) is 3.11. The second-order valence-corrected chi connectivity index (χ2v) is 7.61. The Morgan fingerprint density at radius 2 is 2.09 bits per heavy atom. The Labute approximate surface area is 136 Å². The molecule has 0 spiro atoms. The van der Waals surface area contributed by atoms with Crippen LogP contribution in [0.1, 0.15) is 41.1 Å². The lowest BCUT2D eigenvalue weighted by molar-refractivity contribution is -0.0574. The minimum Gasteiger partial charge on any atom is -0.366 e. The molecule has 2 heterocycles. The first kappa shape index (κ1) is 14.4. The van der Waals surface area contributed by atoms with E-state index in [-0.39, 0.29) is 11.6 Å². The molecule has 0 bridgehead atoms. The number of aryl methyl sites for hydroxylation is 1. The zero-order chi connectivity index (χ0) is 15.3. The fraction of sp³-hybridized carbons (Fsp3) is 0.474. The lowest BCUT2D eigenvalue weighted by Crippen LogP contribution is -2.46. The highest BCUT2D eigenvalue weighted by molar-refractivity contribution is 7.08. The van der Waals surface area contributed by atoms with E-state index in [1.807, 2.05) is 18.4 Å². The molecule has 1 fully saturated rings. The summed E-state index contributed by atoms with van der Waals surface area (Å²) < 4.78 is 5.80. The third-order valence-electron chi connectivity index (χ3n) is 5.53. The number of benzene rings is 1. The Bertz CT molecular complexity index is 675. The van der Waals surface area contributed by atoms with Crippen molar-refractivity contribution >= 4 is 11.3 Å². The maximum atomic E-state index is 5.80. The highest BCUT2D eigenvalue weighted by atomic mass is 32.1. The molecule has 1 aliphatic carbocycles. The number of hydrogen-bond acceptors (Lipinski definition) is 3. The molecule has 1 aliphatic heterocycles. The molecule has 22 heavy (non-hydrogen) atoms. The van der Waals surface area contributed by atoms with Crippen LogP contribution >= 0.6 is 11.3 Å². The Balaban J connectivity index is 1.84. The molecule has 2 atom stereocenters. The molecule has 0 N–H and O–H groups in total. The predicted molar refractivity (Wildman–Crippen MR) is 91.4 cm³/mol. The van der Waals surface area contributed by atoms with Crippen molar-refractivity contribution in [2.45, 2.75) is 43.9 Å². The van der Waals surface area contributed by atoms with E-state index in [4.69, 9.17) is 4.74 Å². The van der Waals surface area contributed by atoms with Gasteiger partial charge in [0.15, 0.2) is 0 Å². The van der Waals surface area contributed by atoms with E-state index in [0.29, 0.717) is 6.04 Å². The van der Waals surface area contributed by atoms with Crippen molar-refractivity contribution in [3.8, 4) is 0 Å². The van der Waals surface area contributed by atoms with E-state index >= 15 is 0 Å². The molecule has 0 radical (unpaired) electrons. The highest BCUT2D eigenvalue weighted by Crippen LogP contribution is 2.60. The number of nitrogens with zero attached hydrogens (tertiary/aromatic N) is 1. The van der Waals surface area contributed by atoms with E-state index in [0.717, 1.165) is 6.42 Å². The van der Waals surface area contributed by atoms with Crippen molar-refractivity contribution in [1.82, 2.24) is 4.90 Å². The van der Waals surface area contributed by atoms with Gasteiger partial charge < -0.3 is 4.74 Å². The van der Waals surface area contributed by atoms with Crippen molar-refractivity contribution in [3.63, 3.8) is 0 Å². The number of ether oxygens (including phenoxy) is 1. The van der Waals surface area contributed by atoms with Gasteiger partial charge in [0.1, 0.15) is 6.23 Å². The van der Waals surface area contributed by atoms with Gasteiger partial charge in [-0.3, -0.25) is 4.90 Å². The van der Waals surface area contributed by atoms with Crippen molar-refractivity contribution in [2.75, 3.05) is 14.2 Å². The fourth-order valence-electron chi connectivity index (χ4n) is 4.24. The van der Waals surface area contributed by atoms with Crippen molar-refractivity contribution in [2.24, 2.45) is 0 Å². The van der Waals surface area contributed by atoms with Crippen LogP contribution in [-0.2, 0) is 16.6 Å². The molecule has 3 heteroatoms. The number of hydrogen-bond donors (Lipinski definition) is 0. The molecule has 2 unspecified atom stereocenters. The third-order valence-corrected chi connectivity index (χ3v) is 6.21. The molecular formula is C19H23NOS. The van der Waals surface area contributed by atoms with Gasteiger partial charge >= 0.3 is 0 Å². The van der Waals surface area contributed by atoms with Gasteiger partial charge in [0.25, 0.3) is 0 Å². The summed E-state index contributed by atoms with van der Waals surface area (Å²) in [5, 5.41) is 4.55. The lowest BCUT2D eigenvalue weighted by Gasteiger charge is -2.44. The van der Waals surface area contributed by atoms with Crippen LogP contribution in [0.2, 0.25) is 0 Å². The van der Waals surface area contributed by atoms with Gasteiger partial charge in [-0.25, -0.2) is 0 Å². The van der Waals surface area contributed by atoms with Crippen LogP contribution in [0.4, 0.5) is 0 Å². The third kappa shape index (κ3) is 2.07. The Morgan fingerprint density at radius 1 is 1.27 bits per heavy atom. The number of likely N-dealkylation sites (N-methyl/N-ethyl adjacent to an activating group) is 1. The van der Waals surface area contributed by atoms with Crippen LogP contribution in [0, 0.1) is 6.92 Å². The zero-order valence-electron chi connectivity index (χ0n) is 13.5. The summed E-state index contributed by atoms with van der Waals surface area (Å²) in [6.07, 6.45) is 3.72. The molecule has 116 valence electrons. The van der Waals surface area contributed by atoms with Crippen molar-refractivity contribution < 1.29 is 4.74 Å². The summed E-state index contributed by atoms with van der Waals surface area (Å²) in [6.45, 7) is 2.18. The molecule has 2 aromatic rings. The van der Waals surface area contributed by atoms with E-state index in [1.54, 1.807) is 0 Å². The minimum absolute atomic E-state index is 0.176. The maximum Gasteiger partial charge on any atom is 0.114 e. The molecule has 4 rings (SSSR count). The van der Waals surface area contributed by atoms with Crippen LogP contribution in [0.15, 0.2) is 35.0 Å². The van der Waals surface area contributed by atoms with Crippen LogP contribution in [-0.4, -0.2) is 25.3 Å². The quantitative estimate of drug-likeness (QED) is 0.838. The summed E-state index contributed by atoms with van der Waals surface area (Å²) in [6, 6.07) is 9.71. The molecule has 2 aliphatic rings. The Morgan fingerprint density at radius 3 is 2.73 bits per heavy atom. The van der Waals surface area contributed by atoms with E-state index in [1.165, 1.54) is 35.1 Å². The number of methoxy groups -OCH3 is 1. The summed E-state index contributed by atoms with van der Waals surface area (Å²) in [4.78, 5) is 2.46. The first-order chi connectivity index (χ1) is 10.7. The maximum absolute atomic E-state index is 5.80. The molecule has 1 aromatic heterocycles. The van der Waals surface area contributed by atoms with Crippen molar-refractivity contribution in [1.29, 1.82) is 0 Å². The van der Waals surface area contributed by atoms with Crippen LogP contribution < -0.4 is 0 Å². The Hall–Kier alpha value is -1.16. The van der Waals surface area contributed by atoms with Gasteiger partial charge in [0.2, 0.25) is 0 Å². The second-order valence-electron chi connectivity index (χ2n) is 6.83. The van der Waals surface area contributed by atoms with Crippen LogP contribution in [0.25, 0.3) is 0 Å². The minimum atomic E-state index is 0.176. The fourth-order valence-corrected chi connectivity index (χ4v) is 5.00. The monoisotopic (exact) mass is 313 g/mol. The summed E-state index contributed by atoms with van der Waals surface area (Å²) >= 11 is 1.81. The largest absolute Gasteiger partial charge is 0.366 e. The number of fused-ring (bicyclic) bond motifs is 1. The average molecular weight is 313 g/mol. The predicted octanol–water partition coefficient (Wildman–Crippen LogP) is 4.29. The summed E-state index contributed by atoms with van der Waals surface area (Å²) in [7, 11) is 4.07. The first-order valence-electron chi connectivity index (χ1n) is 8.02. The van der Waals surface area contributed by atoms with Gasteiger partial charge in [-0.2, -0.15) is 11.3 Å². The van der Waals surface area contributed by atoms with E-state index < -0.39 is 0 Å². The lowest BCUT2D eigenvalue weighted by atomic mass is 9.79. The SMILES string of the molecule is COC1Cc2cc(C)ccc2C(C2(c3ccsc3)CC2)N1C. The van der Waals surface area contributed by atoms with Crippen molar-refractivity contribution in [3.05, 3.63) is 57.3 Å². The van der Waals surface area contributed by atoms with Gasteiger partial charge in [-0.05, 0) is 60.3 Å². The van der Waals surface area contributed by atoms with Crippen LogP contribution in [0.5, 0.6) is 0 Å². The number of rotatable bonds is 3. The molecule has 1 saturated carbocycles. The topological polar surface area (TPSA) is 12.5 Å². The van der Waals surface area contributed by atoms with Gasteiger partial charge in [0, 0.05) is 25.0 Å². The molecule has 0 amide bonds. The molecule has 2 nitrogen and oxygen atoms in total. The highest BCUT2D eigenvalue weighted by Gasteiger charge is 2.55. The standard InChI is InChI=1S/C19H23NOS/c1-13-4-5-16-14(10-13)11-17(21-3)20(2)18(16)19(7-8-19)15-6-9-22-12-15/h4-6,9-10,12,17-18H,7-8,11H2,1-3H3. The molecular weight excluding hydrogens is 290 g/mol. The van der Waals surface area contributed by atoms with E-state index in [2.05, 4.69) is 53.9 Å². The summed E-state index contributed by atoms with van der Waals surface area (Å²) in [5.41, 5.74) is 6.12. The summed E-state index contributed by atoms with van der Waals surface area (Å²) in [5.74, 6) is 0. The van der Waals surface area contributed by atoms with Crippen LogP contribution in [0.3, 0.4) is 0 Å². The number of thiophene rings is 1. The smallest absolute Gasteiger partial charge is 0.114 e. The Kier molecular flexibility index (Phi) is 3.40. The normalized spacial score (nSPS) is 26.7. The second kappa shape index (κ2) is 5.19. The van der Waals surface area contributed by atoms with Gasteiger partial charge in [-0.1, -0.05) is 23.8 Å². The molecule has 0 saturated heterocycles. The molecule has 1 aromatic carbocycles.